The van der Waals surface area contributed by atoms with Crippen LogP contribution in [0.2, 0.25) is 0 Å². The average Bonchev–Trinajstić information content (AvgIpc) is 2.92. The van der Waals surface area contributed by atoms with E-state index in [2.05, 4.69) is 35.3 Å². The van der Waals surface area contributed by atoms with Crippen molar-refractivity contribution >= 4 is 22.7 Å². The molecule has 1 atom stereocenters. The topological polar surface area (TPSA) is 65.6 Å². The van der Waals surface area contributed by atoms with Crippen LogP contribution in [0.25, 0.3) is 10.9 Å². The molecule has 1 aromatic heterocycles. The molecule has 0 fully saturated rings. The highest BCUT2D eigenvalue weighted by atomic mass is 32.2. The molecule has 1 aliphatic heterocycles. The van der Waals surface area contributed by atoms with Gasteiger partial charge in [-0.1, -0.05) is 60.3 Å². The molecule has 4 heteroatoms. The molecule has 0 bridgehead atoms. The lowest BCUT2D eigenvalue weighted by atomic mass is 9.85. The van der Waals surface area contributed by atoms with Crippen molar-refractivity contribution in [2.24, 2.45) is 5.73 Å². The number of benzene rings is 2. The Morgan fingerprint density at radius 1 is 1.05 bits per heavy atom. The lowest BCUT2D eigenvalue weighted by molar-refractivity contribution is 0.927. The number of nitrogens with one attached hydrogen (secondary N) is 1. The maximum absolute atomic E-state index is 9.62. The van der Waals surface area contributed by atoms with Gasteiger partial charge in [0.25, 0.3) is 0 Å². The summed E-state index contributed by atoms with van der Waals surface area (Å²) in [4.78, 5) is 3.43. The maximum atomic E-state index is 9.62. The van der Waals surface area contributed by atoms with Crippen LogP contribution >= 0.6 is 11.8 Å². The molecule has 106 valence electrons. The zero-order valence-electron chi connectivity index (χ0n) is 11.7. The maximum Gasteiger partial charge on any atom is 0.0984 e. The fourth-order valence-electron chi connectivity index (χ4n) is 3.06. The molecular formula is C18H13N3S. The number of aromatic nitrogens is 1. The monoisotopic (exact) mass is 303 g/mol. The minimum absolute atomic E-state index is 0.112. The SMILES string of the molecule is N#CC1=C(N)Sc2[nH]c3ccccc3c2C1c1ccccc1. The molecule has 0 aliphatic carbocycles. The van der Waals surface area contributed by atoms with Crippen molar-refractivity contribution in [3.8, 4) is 6.07 Å². The number of para-hydroxylation sites is 1. The van der Waals surface area contributed by atoms with Crippen molar-refractivity contribution in [3.05, 3.63) is 76.3 Å². The van der Waals surface area contributed by atoms with Crippen molar-refractivity contribution in [1.29, 1.82) is 5.26 Å². The van der Waals surface area contributed by atoms with E-state index >= 15 is 0 Å². The molecule has 3 nitrogen and oxygen atoms in total. The van der Waals surface area contributed by atoms with Crippen molar-refractivity contribution in [2.45, 2.75) is 10.9 Å². The molecule has 0 radical (unpaired) electrons. The van der Waals surface area contributed by atoms with E-state index in [0.29, 0.717) is 10.6 Å². The highest BCUT2D eigenvalue weighted by Gasteiger charge is 2.32. The van der Waals surface area contributed by atoms with E-state index in [1.54, 1.807) is 0 Å². The van der Waals surface area contributed by atoms with Crippen LogP contribution < -0.4 is 5.73 Å². The molecule has 0 saturated heterocycles. The molecule has 22 heavy (non-hydrogen) atoms. The van der Waals surface area contributed by atoms with E-state index in [1.165, 1.54) is 11.8 Å². The number of hydrogen-bond donors (Lipinski definition) is 2. The van der Waals surface area contributed by atoms with Crippen LogP contribution in [0.15, 0.2) is 70.2 Å². The standard InChI is InChI=1S/C18H13N3S/c19-10-13-15(11-6-2-1-3-7-11)16-12-8-4-5-9-14(12)21-18(16)22-17(13)20/h1-9,15,21H,20H2. The summed E-state index contributed by atoms with van der Waals surface area (Å²) in [5.41, 5.74) is 10.1. The normalized spacial score (nSPS) is 17.3. The number of nitrogens with two attached hydrogens (primary N) is 1. The van der Waals surface area contributed by atoms with Crippen molar-refractivity contribution < 1.29 is 0 Å². The largest absolute Gasteiger partial charge is 0.392 e. The third-order valence-electron chi connectivity index (χ3n) is 4.02. The molecule has 1 aliphatic rings. The van der Waals surface area contributed by atoms with Gasteiger partial charge in [0, 0.05) is 22.4 Å². The first-order valence-electron chi connectivity index (χ1n) is 7.02. The van der Waals surface area contributed by atoms with Gasteiger partial charge in [-0.15, -0.1) is 0 Å². The van der Waals surface area contributed by atoms with Crippen LogP contribution in [0.5, 0.6) is 0 Å². The number of rotatable bonds is 1. The number of hydrogen-bond acceptors (Lipinski definition) is 3. The average molecular weight is 303 g/mol. The van der Waals surface area contributed by atoms with Crippen molar-refractivity contribution in [2.75, 3.05) is 0 Å². The van der Waals surface area contributed by atoms with Gasteiger partial charge in [0.2, 0.25) is 0 Å². The molecule has 1 unspecified atom stereocenters. The number of nitrogens with zero attached hydrogens (tertiary/aromatic N) is 1. The van der Waals surface area contributed by atoms with Crippen LogP contribution in [0, 0.1) is 11.3 Å². The molecule has 4 rings (SSSR count). The number of allylic oxidation sites excluding steroid dienone is 1. The first kappa shape index (κ1) is 13.1. The fourth-order valence-corrected chi connectivity index (χ4v) is 4.05. The van der Waals surface area contributed by atoms with Gasteiger partial charge in [-0.2, -0.15) is 5.26 Å². The zero-order valence-corrected chi connectivity index (χ0v) is 12.5. The number of aromatic amines is 1. The Balaban J connectivity index is 2.05. The van der Waals surface area contributed by atoms with E-state index in [9.17, 15) is 5.26 Å². The summed E-state index contributed by atoms with van der Waals surface area (Å²) in [6, 6.07) is 20.6. The fraction of sp³-hybridized carbons (Fsp3) is 0.0556. The molecule has 2 heterocycles. The van der Waals surface area contributed by atoms with Gasteiger partial charge >= 0.3 is 0 Å². The second-order valence-electron chi connectivity index (χ2n) is 5.25. The van der Waals surface area contributed by atoms with Crippen LogP contribution in [0.1, 0.15) is 17.0 Å². The minimum atomic E-state index is -0.112. The Hall–Kier alpha value is -2.64. The summed E-state index contributed by atoms with van der Waals surface area (Å²) >= 11 is 1.45. The van der Waals surface area contributed by atoms with Gasteiger partial charge in [-0.3, -0.25) is 0 Å². The van der Waals surface area contributed by atoms with Gasteiger partial charge in [-0.25, -0.2) is 0 Å². The van der Waals surface area contributed by atoms with Gasteiger partial charge in [0.05, 0.1) is 21.7 Å². The third kappa shape index (κ3) is 1.83. The predicted octanol–water partition coefficient (Wildman–Crippen LogP) is 4.10. The molecule has 0 amide bonds. The Kier molecular flexibility index (Phi) is 2.95. The minimum Gasteiger partial charge on any atom is -0.392 e. The van der Waals surface area contributed by atoms with E-state index in [1.807, 2.05) is 30.3 Å². The molecular weight excluding hydrogens is 290 g/mol. The van der Waals surface area contributed by atoms with Gasteiger partial charge in [0.1, 0.15) is 0 Å². The predicted molar refractivity (Wildman–Crippen MR) is 89.3 cm³/mol. The summed E-state index contributed by atoms with van der Waals surface area (Å²) in [6.07, 6.45) is 0. The summed E-state index contributed by atoms with van der Waals surface area (Å²) < 4.78 is 0. The Morgan fingerprint density at radius 2 is 1.77 bits per heavy atom. The number of nitriles is 1. The van der Waals surface area contributed by atoms with Gasteiger partial charge in [0.15, 0.2) is 0 Å². The van der Waals surface area contributed by atoms with E-state index in [-0.39, 0.29) is 5.92 Å². The van der Waals surface area contributed by atoms with Crippen molar-refractivity contribution in [3.63, 3.8) is 0 Å². The summed E-state index contributed by atoms with van der Waals surface area (Å²) in [5, 5.41) is 12.4. The second-order valence-corrected chi connectivity index (χ2v) is 6.30. The Labute approximate surface area is 132 Å². The number of fused-ring (bicyclic) bond motifs is 3. The number of H-pyrrole nitrogens is 1. The molecule has 3 N–H and O–H groups in total. The third-order valence-corrected chi connectivity index (χ3v) is 4.98. The highest BCUT2D eigenvalue weighted by molar-refractivity contribution is 8.03. The highest BCUT2D eigenvalue weighted by Crippen LogP contribution is 2.48. The van der Waals surface area contributed by atoms with Gasteiger partial charge in [-0.05, 0) is 11.6 Å². The second kappa shape index (κ2) is 4.97. The first-order chi connectivity index (χ1) is 10.8. The molecule has 2 aromatic carbocycles. The van der Waals surface area contributed by atoms with Crippen LogP contribution in [0.3, 0.4) is 0 Å². The summed E-state index contributed by atoms with van der Waals surface area (Å²) in [5.74, 6) is -0.112. The van der Waals surface area contributed by atoms with Crippen LogP contribution in [0.4, 0.5) is 0 Å². The molecule has 3 aromatic rings. The first-order valence-corrected chi connectivity index (χ1v) is 7.84. The van der Waals surface area contributed by atoms with Crippen molar-refractivity contribution in [1.82, 2.24) is 4.98 Å². The lowest BCUT2D eigenvalue weighted by Crippen LogP contribution is -2.13. The van der Waals surface area contributed by atoms with E-state index in [4.69, 9.17) is 5.73 Å². The zero-order chi connectivity index (χ0) is 15.1. The summed E-state index contributed by atoms with van der Waals surface area (Å²) in [6.45, 7) is 0. The smallest absolute Gasteiger partial charge is 0.0984 e. The quantitative estimate of drug-likeness (QED) is 0.711. The number of thioether (sulfide) groups is 1. The molecule has 0 saturated carbocycles. The molecule has 0 spiro atoms. The Morgan fingerprint density at radius 3 is 2.55 bits per heavy atom. The van der Waals surface area contributed by atoms with E-state index < -0.39 is 0 Å². The van der Waals surface area contributed by atoms with Crippen LogP contribution in [-0.2, 0) is 0 Å². The van der Waals surface area contributed by atoms with E-state index in [0.717, 1.165) is 27.1 Å². The lowest BCUT2D eigenvalue weighted by Gasteiger charge is -2.24. The Bertz CT molecular complexity index is 932. The van der Waals surface area contributed by atoms with Crippen LogP contribution in [-0.4, -0.2) is 4.98 Å². The van der Waals surface area contributed by atoms with Gasteiger partial charge < -0.3 is 10.7 Å². The summed E-state index contributed by atoms with van der Waals surface area (Å²) in [7, 11) is 0.